The zero-order valence-corrected chi connectivity index (χ0v) is 13.9. The van der Waals surface area contributed by atoms with Gasteiger partial charge in [-0.15, -0.1) is 0 Å². The average molecular weight is 319 g/mol. The Balaban J connectivity index is 1.54. The van der Waals surface area contributed by atoms with Gasteiger partial charge in [0.25, 0.3) is 0 Å². The third-order valence-electron chi connectivity index (χ3n) is 5.43. The van der Waals surface area contributed by atoms with Crippen molar-refractivity contribution >= 4 is 22.5 Å². The predicted molar refractivity (Wildman–Crippen MR) is 90.5 cm³/mol. The fourth-order valence-corrected chi connectivity index (χ4v) is 4.40. The zero-order valence-electron chi connectivity index (χ0n) is 13.1. The van der Waals surface area contributed by atoms with Crippen LogP contribution in [-0.4, -0.2) is 35.2 Å². The van der Waals surface area contributed by atoms with Crippen LogP contribution in [-0.2, 0) is 11.3 Å². The van der Waals surface area contributed by atoms with Gasteiger partial charge in [-0.2, -0.15) is 0 Å². The van der Waals surface area contributed by atoms with Gasteiger partial charge in [-0.25, -0.2) is 0 Å². The lowest BCUT2D eigenvalue weighted by Crippen LogP contribution is -2.43. The molecule has 0 atom stereocenters. The van der Waals surface area contributed by atoms with Crippen molar-refractivity contribution in [3.8, 4) is 0 Å². The highest BCUT2D eigenvalue weighted by Crippen LogP contribution is 2.37. The van der Waals surface area contributed by atoms with E-state index in [4.69, 9.17) is 16.3 Å². The molecule has 0 radical (unpaired) electrons. The van der Waals surface area contributed by atoms with E-state index in [9.17, 15) is 0 Å². The van der Waals surface area contributed by atoms with Gasteiger partial charge in [0.1, 0.15) is 0 Å². The van der Waals surface area contributed by atoms with Crippen LogP contribution in [0.25, 0.3) is 10.9 Å². The Bertz CT molecular complexity index is 678. The summed E-state index contributed by atoms with van der Waals surface area (Å²) in [7, 11) is 0. The Hall–Kier alpha value is -1.03. The molecule has 3 nitrogen and oxygen atoms in total. The Labute approximate surface area is 136 Å². The number of aryl methyl sites for hydroxylation is 1. The molecule has 2 aromatic rings. The van der Waals surface area contributed by atoms with Gasteiger partial charge in [0, 0.05) is 48.4 Å². The maximum absolute atomic E-state index is 6.54. The third-order valence-corrected chi connectivity index (χ3v) is 5.77. The molecule has 2 saturated heterocycles. The van der Waals surface area contributed by atoms with Crippen LogP contribution in [0.4, 0.5) is 0 Å². The minimum absolute atomic E-state index is 0.191. The van der Waals surface area contributed by atoms with Crippen LogP contribution in [0.2, 0.25) is 5.02 Å². The molecular formula is C18H23ClN2O. The Kier molecular flexibility index (Phi) is 3.67. The summed E-state index contributed by atoms with van der Waals surface area (Å²) in [6, 6.07) is 4.23. The van der Waals surface area contributed by atoms with Crippen LogP contribution in [0.1, 0.15) is 36.8 Å². The molecule has 1 aromatic heterocycles. The quantitative estimate of drug-likeness (QED) is 0.895. The molecule has 1 aromatic carbocycles. The van der Waals surface area contributed by atoms with Crippen LogP contribution < -0.4 is 0 Å². The van der Waals surface area contributed by atoms with Crippen molar-refractivity contribution in [1.29, 1.82) is 0 Å². The first-order valence-electron chi connectivity index (χ1n) is 8.28. The maximum atomic E-state index is 6.54. The van der Waals surface area contributed by atoms with Crippen LogP contribution in [0.5, 0.6) is 0 Å². The minimum Gasteiger partial charge on any atom is -0.375 e. The number of rotatable bonds is 2. The highest BCUT2D eigenvalue weighted by molar-refractivity contribution is 6.32. The van der Waals surface area contributed by atoms with Gasteiger partial charge in [-0.3, -0.25) is 4.90 Å². The van der Waals surface area contributed by atoms with Gasteiger partial charge in [0.05, 0.1) is 5.60 Å². The maximum Gasteiger partial charge on any atom is 0.0707 e. The zero-order chi connectivity index (χ0) is 15.2. The summed E-state index contributed by atoms with van der Waals surface area (Å²) >= 11 is 6.54. The molecule has 1 spiro atoms. The number of nitrogens with one attached hydrogen (secondary N) is 1. The number of likely N-dealkylation sites (tertiary alicyclic amines) is 1. The molecule has 22 heavy (non-hydrogen) atoms. The lowest BCUT2D eigenvalue weighted by atomic mass is 9.88. The van der Waals surface area contributed by atoms with Crippen LogP contribution in [0.3, 0.4) is 0 Å². The summed E-state index contributed by atoms with van der Waals surface area (Å²) in [4.78, 5) is 5.86. The Morgan fingerprint density at radius 3 is 2.86 bits per heavy atom. The van der Waals surface area contributed by atoms with Crippen molar-refractivity contribution in [2.75, 3.05) is 19.7 Å². The lowest BCUT2D eigenvalue weighted by Gasteiger charge is -2.38. The average Bonchev–Trinajstić information content (AvgIpc) is 3.15. The summed E-state index contributed by atoms with van der Waals surface area (Å²) in [5.41, 5.74) is 3.88. The van der Waals surface area contributed by atoms with Crippen molar-refractivity contribution < 1.29 is 4.74 Å². The number of aromatic amines is 1. The number of hydrogen-bond donors (Lipinski definition) is 1. The Morgan fingerprint density at radius 1 is 1.32 bits per heavy atom. The Morgan fingerprint density at radius 2 is 2.14 bits per heavy atom. The van der Waals surface area contributed by atoms with Gasteiger partial charge in [-0.05, 0) is 55.9 Å². The van der Waals surface area contributed by atoms with E-state index in [0.717, 1.165) is 44.1 Å². The van der Waals surface area contributed by atoms with Crippen molar-refractivity contribution in [2.24, 2.45) is 0 Å². The summed E-state index contributed by atoms with van der Waals surface area (Å²) in [6.07, 6.45) is 6.80. The molecule has 2 aliphatic heterocycles. The lowest BCUT2D eigenvalue weighted by molar-refractivity contribution is -0.0446. The molecule has 0 bridgehead atoms. The standard InChI is InChI=1S/C18H23ClN2O/c1-13-11-16(19)15(14-3-7-20-17(13)14)12-21-8-5-18(6-9-21)4-2-10-22-18/h3,7,11,20H,2,4-6,8-10,12H2,1H3. The molecule has 0 amide bonds. The SMILES string of the molecule is Cc1cc(Cl)c(CN2CCC3(CCCO3)CC2)c2cc[nH]c12. The summed E-state index contributed by atoms with van der Waals surface area (Å²) in [5, 5.41) is 2.16. The number of H-pyrrole nitrogens is 1. The van der Waals surface area contributed by atoms with Gasteiger partial charge in [-0.1, -0.05) is 11.6 Å². The number of piperidine rings is 1. The first kappa shape index (κ1) is 14.6. The van der Waals surface area contributed by atoms with Crippen molar-refractivity contribution in [2.45, 2.75) is 44.8 Å². The predicted octanol–water partition coefficient (Wildman–Crippen LogP) is 4.27. The van der Waals surface area contributed by atoms with Crippen molar-refractivity contribution in [3.63, 3.8) is 0 Å². The van der Waals surface area contributed by atoms with Crippen LogP contribution in [0, 0.1) is 6.92 Å². The number of ether oxygens (including phenoxy) is 1. The molecule has 2 fully saturated rings. The van der Waals surface area contributed by atoms with Gasteiger partial charge >= 0.3 is 0 Å². The molecule has 1 N–H and O–H groups in total. The van der Waals surface area contributed by atoms with Gasteiger partial charge in [0.15, 0.2) is 0 Å². The fraction of sp³-hybridized carbons (Fsp3) is 0.556. The summed E-state index contributed by atoms with van der Waals surface area (Å²) in [6.45, 7) is 6.21. The minimum atomic E-state index is 0.191. The van der Waals surface area contributed by atoms with E-state index in [1.807, 2.05) is 6.20 Å². The number of halogens is 1. The van der Waals surface area contributed by atoms with Gasteiger partial charge in [0.2, 0.25) is 0 Å². The second-order valence-electron chi connectivity index (χ2n) is 6.83. The second-order valence-corrected chi connectivity index (χ2v) is 7.24. The van der Waals surface area contributed by atoms with Gasteiger partial charge < -0.3 is 9.72 Å². The molecule has 3 heterocycles. The summed E-state index contributed by atoms with van der Waals surface area (Å²) in [5.74, 6) is 0. The normalized spacial score (nSPS) is 21.9. The molecular weight excluding hydrogens is 296 g/mol. The monoisotopic (exact) mass is 318 g/mol. The molecule has 0 saturated carbocycles. The number of aromatic nitrogens is 1. The largest absolute Gasteiger partial charge is 0.375 e. The number of benzene rings is 1. The van der Waals surface area contributed by atoms with E-state index >= 15 is 0 Å². The van der Waals surface area contributed by atoms with Crippen LogP contribution in [0.15, 0.2) is 18.3 Å². The first-order chi connectivity index (χ1) is 10.7. The van der Waals surface area contributed by atoms with E-state index < -0.39 is 0 Å². The molecule has 2 aliphatic rings. The topological polar surface area (TPSA) is 28.3 Å². The molecule has 4 rings (SSSR count). The van der Waals surface area contributed by atoms with Crippen LogP contribution >= 0.6 is 11.6 Å². The highest BCUT2D eigenvalue weighted by atomic mass is 35.5. The summed E-state index contributed by atoms with van der Waals surface area (Å²) < 4.78 is 6.02. The fourth-order valence-electron chi connectivity index (χ4n) is 4.08. The van der Waals surface area contributed by atoms with E-state index in [2.05, 4.69) is 28.9 Å². The van der Waals surface area contributed by atoms with E-state index in [-0.39, 0.29) is 5.60 Å². The van der Waals surface area contributed by atoms with Crippen molar-refractivity contribution in [3.05, 3.63) is 34.5 Å². The molecule has 4 heteroatoms. The third kappa shape index (κ3) is 2.45. The second kappa shape index (κ2) is 5.55. The highest BCUT2D eigenvalue weighted by Gasteiger charge is 2.38. The number of hydrogen-bond acceptors (Lipinski definition) is 2. The molecule has 0 unspecified atom stereocenters. The molecule has 118 valence electrons. The number of fused-ring (bicyclic) bond motifs is 1. The number of nitrogens with zero attached hydrogens (tertiary/aromatic N) is 1. The van der Waals surface area contributed by atoms with E-state index in [1.165, 1.54) is 34.9 Å². The first-order valence-corrected chi connectivity index (χ1v) is 8.66. The van der Waals surface area contributed by atoms with Crippen molar-refractivity contribution in [1.82, 2.24) is 9.88 Å². The van der Waals surface area contributed by atoms with E-state index in [1.54, 1.807) is 0 Å². The smallest absolute Gasteiger partial charge is 0.0707 e. The molecule has 0 aliphatic carbocycles. The van der Waals surface area contributed by atoms with E-state index in [0.29, 0.717) is 0 Å².